The second-order valence-corrected chi connectivity index (χ2v) is 5.65. The maximum absolute atomic E-state index is 11.4. The number of benzene rings is 1. The van der Waals surface area contributed by atoms with Crippen molar-refractivity contribution < 1.29 is 9.53 Å². The van der Waals surface area contributed by atoms with Gasteiger partial charge in [0, 0.05) is 33.2 Å². The van der Waals surface area contributed by atoms with E-state index in [0.717, 1.165) is 31.6 Å². The molecule has 116 valence electrons. The number of ether oxygens (including phenoxy) is 1. The molecule has 2 amide bonds. The number of aryl methyl sites for hydroxylation is 1. The summed E-state index contributed by atoms with van der Waals surface area (Å²) < 4.78 is 5.29. The first-order chi connectivity index (χ1) is 10.1. The highest BCUT2D eigenvalue weighted by atomic mass is 16.5. The third-order valence-electron chi connectivity index (χ3n) is 3.88. The summed E-state index contributed by atoms with van der Waals surface area (Å²) in [7, 11) is 5.19. The van der Waals surface area contributed by atoms with Gasteiger partial charge in [-0.15, -0.1) is 0 Å². The fourth-order valence-electron chi connectivity index (χ4n) is 2.64. The van der Waals surface area contributed by atoms with E-state index in [1.165, 1.54) is 11.1 Å². The average Bonchev–Trinajstić information content (AvgIpc) is 2.50. The van der Waals surface area contributed by atoms with E-state index in [1.807, 2.05) is 6.07 Å². The maximum atomic E-state index is 11.4. The van der Waals surface area contributed by atoms with Crippen molar-refractivity contribution in [2.75, 3.05) is 34.3 Å². The van der Waals surface area contributed by atoms with Crippen molar-refractivity contribution in [3.8, 4) is 5.75 Å². The van der Waals surface area contributed by atoms with Crippen LogP contribution in [0.5, 0.6) is 5.75 Å². The minimum Gasteiger partial charge on any atom is -0.497 e. The average molecular weight is 291 g/mol. The Labute approximate surface area is 126 Å². The minimum atomic E-state index is -0.0458. The Morgan fingerprint density at radius 2 is 2.14 bits per heavy atom. The number of hydrogen-bond donors (Lipinski definition) is 2. The Kier molecular flexibility index (Phi) is 5.44. The molecular weight excluding hydrogens is 266 g/mol. The van der Waals surface area contributed by atoms with E-state index in [2.05, 4.69) is 22.8 Å². The van der Waals surface area contributed by atoms with Gasteiger partial charge in [-0.1, -0.05) is 6.07 Å². The highest BCUT2D eigenvalue weighted by molar-refractivity contribution is 5.73. The van der Waals surface area contributed by atoms with Crippen molar-refractivity contribution in [3.63, 3.8) is 0 Å². The maximum Gasteiger partial charge on any atom is 0.316 e. The molecule has 1 aromatic carbocycles. The van der Waals surface area contributed by atoms with Crippen LogP contribution >= 0.6 is 0 Å². The molecule has 0 saturated heterocycles. The zero-order chi connectivity index (χ0) is 15.2. The zero-order valence-electron chi connectivity index (χ0n) is 13.1. The summed E-state index contributed by atoms with van der Waals surface area (Å²) in [6.45, 7) is 1.45. The number of amides is 2. The summed E-state index contributed by atoms with van der Waals surface area (Å²) in [5.74, 6) is 0.924. The first-order valence-electron chi connectivity index (χ1n) is 7.44. The van der Waals surface area contributed by atoms with Crippen LogP contribution < -0.4 is 15.4 Å². The van der Waals surface area contributed by atoms with Crippen LogP contribution in [0.15, 0.2) is 18.2 Å². The molecule has 0 saturated carbocycles. The van der Waals surface area contributed by atoms with Gasteiger partial charge in [-0.3, -0.25) is 0 Å². The number of carbonyl (C=O) groups is 1. The molecule has 5 nitrogen and oxygen atoms in total. The van der Waals surface area contributed by atoms with Crippen LogP contribution in [0.25, 0.3) is 0 Å². The Bertz CT molecular complexity index is 488. The van der Waals surface area contributed by atoms with Crippen LogP contribution in [0.2, 0.25) is 0 Å². The van der Waals surface area contributed by atoms with E-state index in [9.17, 15) is 4.79 Å². The largest absolute Gasteiger partial charge is 0.497 e. The van der Waals surface area contributed by atoms with E-state index in [1.54, 1.807) is 26.1 Å². The van der Waals surface area contributed by atoms with Crippen LogP contribution in [-0.2, 0) is 12.8 Å². The zero-order valence-corrected chi connectivity index (χ0v) is 13.1. The summed E-state index contributed by atoms with van der Waals surface area (Å²) in [4.78, 5) is 12.9. The number of nitrogens with zero attached hydrogens (tertiary/aromatic N) is 1. The third kappa shape index (κ3) is 4.36. The molecule has 0 aliphatic heterocycles. The second-order valence-electron chi connectivity index (χ2n) is 5.65. The molecule has 2 rings (SSSR count). The number of methoxy groups -OCH3 is 1. The van der Waals surface area contributed by atoms with Crippen molar-refractivity contribution in [2.24, 2.45) is 0 Å². The Balaban J connectivity index is 1.78. The van der Waals surface area contributed by atoms with Gasteiger partial charge in [0.2, 0.25) is 0 Å². The molecule has 0 bridgehead atoms. The molecule has 1 atom stereocenters. The van der Waals surface area contributed by atoms with Crippen molar-refractivity contribution in [1.82, 2.24) is 15.5 Å². The van der Waals surface area contributed by atoms with Crippen LogP contribution in [0.1, 0.15) is 17.5 Å². The molecule has 1 aromatic rings. The smallest absolute Gasteiger partial charge is 0.316 e. The number of carbonyl (C=O) groups excluding carboxylic acids is 1. The lowest BCUT2D eigenvalue weighted by Gasteiger charge is -2.26. The van der Waals surface area contributed by atoms with Crippen molar-refractivity contribution in [2.45, 2.75) is 25.3 Å². The molecule has 0 aromatic heterocycles. The van der Waals surface area contributed by atoms with Crippen molar-refractivity contribution >= 4 is 6.03 Å². The summed E-state index contributed by atoms with van der Waals surface area (Å²) in [6.07, 6.45) is 3.26. The van der Waals surface area contributed by atoms with Gasteiger partial charge >= 0.3 is 6.03 Å². The molecule has 21 heavy (non-hydrogen) atoms. The molecule has 0 heterocycles. The number of rotatable bonds is 5. The van der Waals surface area contributed by atoms with Gasteiger partial charge in [-0.2, -0.15) is 0 Å². The lowest BCUT2D eigenvalue weighted by Crippen LogP contribution is -2.42. The monoisotopic (exact) mass is 291 g/mol. The lowest BCUT2D eigenvalue weighted by atomic mass is 9.88. The van der Waals surface area contributed by atoms with Crippen molar-refractivity contribution in [1.29, 1.82) is 0 Å². The fraction of sp³-hybridized carbons (Fsp3) is 0.562. The molecule has 1 aliphatic rings. The molecule has 0 spiro atoms. The fourth-order valence-corrected chi connectivity index (χ4v) is 2.64. The normalized spacial score (nSPS) is 17.0. The molecular formula is C16H25N3O2. The molecule has 1 unspecified atom stereocenters. The topological polar surface area (TPSA) is 53.6 Å². The first-order valence-corrected chi connectivity index (χ1v) is 7.44. The summed E-state index contributed by atoms with van der Waals surface area (Å²) in [5.41, 5.74) is 2.80. The van der Waals surface area contributed by atoms with Crippen LogP contribution in [0.4, 0.5) is 4.79 Å². The van der Waals surface area contributed by atoms with E-state index in [-0.39, 0.29) is 6.03 Å². The number of nitrogens with one attached hydrogen (secondary N) is 2. The summed E-state index contributed by atoms with van der Waals surface area (Å²) in [5, 5.41) is 6.38. The number of hydrogen-bond acceptors (Lipinski definition) is 3. The molecule has 0 radical (unpaired) electrons. The van der Waals surface area contributed by atoms with Gasteiger partial charge in [0.15, 0.2) is 0 Å². The van der Waals surface area contributed by atoms with Crippen LogP contribution in [0, 0.1) is 0 Å². The Morgan fingerprint density at radius 3 is 2.86 bits per heavy atom. The Morgan fingerprint density at radius 1 is 1.33 bits per heavy atom. The summed E-state index contributed by atoms with van der Waals surface area (Å²) in [6, 6.07) is 6.76. The van der Waals surface area contributed by atoms with Gasteiger partial charge in [0.25, 0.3) is 0 Å². The predicted octanol–water partition coefficient (Wildman–Crippen LogP) is 1.41. The minimum absolute atomic E-state index is 0.0458. The molecule has 2 N–H and O–H groups in total. The van der Waals surface area contributed by atoms with Gasteiger partial charge < -0.3 is 20.3 Å². The number of fused-ring (bicyclic) bond motifs is 1. The molecule has 1 aliphatic carbocycles. The second kappa shape index (κ2) is 7.31. The van der Waals surface area contributed by atoms with E-state index >= 15 is 0 Å². The highest BCUT2D eigenvalue weighted by Crippen LogP contribution is 2.25. The lowest BCUT2D eigenvalue weighted by molar-refractivity contribution is 0.217. The van der Waals surface area contributed by atoms with Crippen molar-refractivity contribution in [3.05, 3.63) is 29.3 Å². The Hall–Kier alpha value is -1.75. The summed E-state index contributed by atoms with van der Waals surface area (Å²) >= 11 is 0. The third-order valence-corrected chi connectivity index (χ3v) is 3.88. The van der Waals surface area contributed by atoms with E-state index in [0.29, 0.717) is 12.6 Å². The van der Waals surface area contributed by atoms with Crippen LogP contribution in [0.3, 0.4) is 0 Å². The van der Waals surface area contributed by atoms with Crippen LogP contribution in [-0.4, -0.2) is 51.3 Å². The predicted molar refractivity (Wildman–Crippen MR) is 83.9 cm³/mol. The molecule has 0 fully saturated rings. The van der Waals surface area contributed by atoms with E-state index in [4.69, 9.17) is 4.74 Å². The SMILES string of the molecule is COc1ccc2c(c1)CC(NCCNC(=O)N(C)C)CC2. The van der Waals surface area contributed by atoms with E-state index < -0.39 is 0 Å². The van der Waals surface area contributed by atoms with Gasteiger partial charge in [0.1, 0.15) is 5.75 Å². The molecule has 5 heteroatoms. The highest BCUT2D eigenvalue weighted by Gasteiger charge is 2.18. The first kappa shape index (κ1) is 15.6. The number of urea groups is 1. The quantitative estimate of drug-likeness (QED) is 0.807. The standard InChI is InChI=1S/C16H25N3O2/c1-19(2)16(20)18-9-8-17-14-6-4-12-5-7-15(21-3)11-13(12)10-14/h5,7,11,14,17H,4,6,8-10H2,1-3H3,(H,18,20). The van der Waals surface area contributed by atoms with Gasteiger partial charge in [-0.25, -0.2) is 4.79 Å². The van der Waals surface area contributed by atoms with Gasteiger partial charge in [-0.05, 0) is 42.5 Å². The van der Waals surface area contributed by atoms with Gasteiger partial charge in [0.05, 0.1) is 7.11 Å².